The van der Waals surface area contributed by atoms with Crippen molar-refractivity contribution in [2.45, 2.75) is 46.5 Å². The van der Waals surface area contributed by atoms with Crippen molar-refractivity contribution in [3.05, 3.63) is 0 Å². The summed E-state index contributed by atoms with van der Waals surface area (Å²) in [5, 5.41) is 3.38. The monoisotopic (exact) mass is 212 g/mol. The van der Waals surface area contributed by atoms with Gasteiger partial charge in [0.05, 0.1) is 0 Å². The van der Waals surface area contributed by atoms with Gasteiger partial charge in [-0.05, 0) is 63.8 Å². The van der Waals surface area contributed by atoms with Crippen LogP contribution in [-0.4, -0.2) is 37.6 Å². The molecule has 1 fully saturated rings. The number of piperidine rings is 1. The van der Waals surface area contributed by atoms with E-state index in [4.69, 9.17) is 0 Å². The molecule has 0 aromatic carbocycles. The van der Waals surface area contributed by atoms with E-state index in [1.807, 2.05) is 0 Å². The van der Waals surface area contributed by atoms with Gasteiger partial charge >= 0.3 is 0 Å². The van der Waals surface area contributed by atoms with Crippen molar-refractivity contribution in [3.8, 4) is 0 Å². The average Bonchev–Trinajstić information content (AvgIpc) is 2.20. The Bertz CT molecular complexity index is 156. The van der Waals surface area contributed by atoms with Crippen LogP contribution in [0.25, 0.3) is 0 Å². The molecular weight excluding hydrogens is 184 g/mol. The molecule has 90 valence electrons. The standard InChI is InChI=1S/C13H28N2/c1-4-14-9-5-6-10-15-11-7-13(2,3)8-12-15/h14H,4-12H2,1-3H3. The zero-order chi connectivity index (χ0) is 11.1. The molecule has 0 radical (unpaired) electrons. The molecule has 1 N–H and O–H groups in total. The summed E-state index contributed by atoms with van der Waals surface area (Å²) >= 11 is 0. The Morgan fingerprint density at radius 1 is 1.13 bits per heavy atom. The zero-order valence-corrected chi connectivity index (χ0v) is 10.8. The normalized spacial score (nSPS) is 21.8. The van der Waals surface area contributed by atoms with Crippen LogP contribution >= 0.6 is 0 Å². The van der Waals surface area contributed by atoms with E-state index >= 15 is 0 Å². The number of nitrogens with one attached hydrogen (secondary N) is 1. The van der Waals surface area contributed by atoms with E-state index in [-0.39, 0.29) is 0 Å². The van der Waals surface area contributed by atoms with Gasteiger partial charge in [0, 0.05) is 0 Å². The van der Waals surface area contributed by atoms with Crippen LogP contribution in [0.2, 0.25) is 0 Å². The molecule has 2 nitrogen and oxygen atoms in total. The fourth-order valence-corrected chi connectivity index (χ4v) is 2.14. The molecule has 0 bridgehead atoms. The molecule has 1 heterocycles. The van der Waals surface area contributed by atoms with Crippen LogP contribution in [-0.2, 0) is 0 Å². The van der Waals surface area contributed by atoms with Crippen molar-refractivity contribution in [2.24, 2.45) is 5.41 Å². The average molecular weight is 212 g/mol. The predicted octanol–water partition coefficient (Wildman–Crippen LogP) is 2.50. The number of unbranched alkanes of at least 4 members (excludes halogenated alkanes) is 1. The van der Waals surface area contributed by atoms with Gasteiger partial charge in [-0.3, -0.25) is 0 Å². The third-order valence-electron chi connectivity index (χ3n) is 3.54. The van der Waals surface area contributed by atoms with Crippen molar-refractivity contribution in [1.82, 2.24) is 10.2 Å². The number of rotatable bonds is 6. The van der Waals surface area contributed by atoms with Crippen molar-refractivity contribution in [1.29, 1.82) is 0 Å². The van der Waals surface area contributed by atoms with Gasteiger partial charge in [0.25, 0.3) is 0 Å². The minimum Gasteiger partial charge on any atom is -0.317 e. The summed E-state index contributed by atoms with van der Waals surface area (Å²) in [6, 6.07) is 0. The molecule has 0 aromatic heterocycles. The topological polar surface area (TPSA) is 15.3 Å². The first kappa shape index (κ1) is 13.0. The van der Waals surface area contributed by atoms with Gasteiger partial charge in [-0.1, -0.05) is 20.8 Å². The maximum absolute atomic E-state index is 3.38. The molecule has 0 amide bonds. The van der Waals surface area contributed by atoms with Crippen molar-refractivity contribution in [3.63, 3.8) is 0 Å². The molecule has 1 saturated heterocycles. The summed E-state index contributed by atoms with van der Waals surface area (Å²) in [6.07, 6.45) is 5.43. The number of nitrogens with zero attached hydrogens (tertiary/aromatic N) is 1. The first-order chi connectivity index (χ1) is 7.14. The molecule has 15 heavy (non-hydrogen) atoms. The molecular formula is C13H28N2. The second kappa shape index (κ2) is 6.49. The Kier molecular flexibility index (Phi) is 5.62. The van der Waals surface area contributed by atoms with Gasteiger partial charge in [0.1, 0.15) is 0 Å². The third-order valence-corrected chi connectivity index (χ3v) is 3.54. The van der Waals surface area contributed by atoms with E-state index in [1.54, 1.807) is 0 Å². The fourth-order valence-electron chi connectivity index (χ4n) is 2.14. The highest BCUT2D eigenvalue weighted by atomic mass is 15.1. The summed E-state index contributed by atoms with van der Waals surface area (Å²) in [4.78, 5) is 2.64. The quantitative estimate of drug-likeness (QED) is 0.681. The Hall–Kier alpha value is -0.0800. The molecule has 2 heteroatoms. The van der Waals surface area contributed by atoms with Crippen LogP contribution in [0.1, 0.15) is 46.5 Å². The highest BCUT2D eigenvalue weighted by Crippen LogP contribution is 2.29. The molecule has 0 aromatic rings. The summed E-state index contributed by atoms with van der Waals surface area (Å²) in [6.45, 7) is 13.2. The first-order valence-electron chi connectivity index (χ1n) is 6.57. The van der Waals surface area contributed by atoms with E-state index in [2.05, 4.69) is 31.0 Å². The van der Waals surface area contributed by atoms with Gasteiger partial charge in [-0.2, -0.15) is 0 Å². The number of likely N-dealkylation sites (tertiary alicyclic amines) is 1. The molecule has 0 atom stereocenters. The molecule has 0 saturated carbocycles. The van der Waals surface area contributed by atoms with Crippen LogP contribution in [0, 0.1) is 5.41 Å². The predicted molar refractivity (Wildman–Crippen MR) is 67.2 cm³/mol. The van der Waals surface area contributed by atoms with E-state index < -0.39 is 0 Å². The second-order valence-corrected chi connectivity index (χ2v) is 5.57. The summed E-state index contributed by atoms with van der Waals surface area (Å²) in [7, 11) is 0. The van der Waals surface area contributed by atoms with Crippen molar-refractivity contribution in [2.75, 3.05) is 32.7 Å². The van der Waals surface area contributed by atoms with Gasteiger partial charge in [0.2, 0.25) is 0 Å². The third kappa shape index (κ3) is 5.53. The maximum atomic E-state index is 3.38. The Morgan fingerprint density at radius 3 is 2.40 bits per heavy atom. The maximum Gasteiger partial charge on any atom is -0.00136 e. The molecule has 1 rings (SSSR count). The largest absolute Gasteiger partial charge is 0.317 e. The van der Waals surface area contributed by atoms with E-state index in [0.717, 1.165) is 6.54 Å². The first-order valence-corrected chi connectivity index (χ1v) is 6.57. The van der Waals surface area contributed by atoms with Crippen molar-refractivity contribution >= 4 is 0 Å². The molecule has 0 aliphatic carbocycles. The van der Waals surface area contributed by atoms with Crippen LogP contribution in [0.4, 0.5) is 0 Å². The van der Waals surface area contributed by atoms with E-state index in [0.29, 0.717) is 5.41 Å². The van der Waals surface area contributed by atoms with E-state index in [9.17, 15) is 0 Å². The Labute approximate surface area is 95.4 Å². The molecule has 0 spiro atoms. The highest BCUT2D eigenvalue weighted by Gasteiger charge is 2.24. The second-order valence-electron chi connectivity index (χ2n) is 5.57. The van der Waals surface area contributed by atoms with Gasteiger partial charge in [-0.15, -0.1) is 0 Å². The molecule has 1 aliphatic heterocycles. The lowest BCUT2D eigenvalue weighted by atomic mass is 9.82. The van der Waals surface area contributed by atoms with Crippen LogP contribution in [0.3, 0.4) is 0 Å². The summed E-state index contributed by atoms with van der Waals surface area (Å²) < 4.78 is 0. The summed E-state index contributed by atoms with van der Waals surface area (Å²) in [5.74, 6) is 0. The zero-order valence-electron chi connectivity index (χ0n) is 10.8. The fraction of sp³-hybridized carbons (Fsp3) is 1.00. The minimum absolute atomic E-state index is 0.597. The van der Waals surface area contributed by atoms with Crippen LogP contribution < -0.4 is 5.32 Å². The molecule has 1 aliphatic rings. The number of hydrogen-bond acceptors (Lipinski definition) is 2. The van der Waals surface area contributed by atoms with Crippen LogP contribution in [0.15, 0.2) is 0 Å². The lowest BCUT2D eigenvalue weighted by molar-refractivity contribution is 0.131. The van der Waals surface area contributed by atoms with E-state index in [1.165, 1.54) is 51.9 Å². The van der Waals surface area contributed by atoms with Crippen molar-refractivity contribution < 1.29 is 0 Å². The summed E-state index contributed by atoms with van der Waals surface area (Å²) in [5.41, 5.74) is 0.597. The Morgan fingerprint density at radius 2 is 1.80 bits per heavy atom. The highest BCUT2D eigenvalue weighted by molar-refractivity contribution is 4.78. The lowest BCUT2D eigenvalue weighted by Crippen LogP contribution is -2.37. The Balaban J connectivity index is 1.99. The SMILES string of the molecule is CCNCCCCN1CCC(C)(C)CC1. The smallest absolute Gasteiger partial charge is 0.00136 e. The van der Waals surface area contributed by atoms with Gasteiger partial charge in [-0.25, -0.2) is 0 Å². The van der Waals surface area contributed by atoms with Crippen LogP contribution in [0.5, 0.6) is 0 Å². The van der Waals surface area contributed by atoms with Gasteiger partial charge in [0.15, 0.2) is 0 Å². The molecule has 0 unspecified atom stereocenters. The minimum atomic E-state index is 0.597. The number of hydrogen-bond donors (Lipinski definition) is 1. The van der Waals surface area contributed by atoms with Gasteiger partial charge < -0.3 is 10.2 Å². The lowest BCUT2D eigenvalue weighted by Gasteiger charge is -2.36.